The van der Waals surface area contributed by atoms with Gasteiger partial charge in [-0.1, -0.05) is 38.1 Å². The van der Waals surface area contributed by atoms with E-state index in [2.05, 4.69) is 100 Å². The SMILES string of the molecule is Cc1cc(C)c2c(c1C)c1c3c(cc[n+]1C)cc(CC(C)C)c1c4cccc(C)c4n2c13. The minimum absolute atomic E-state index is 0.611. The average Bonchev–Trinajstić information content (AvgIpc) is 3.09. The van der Waals surface area contributed by atoms with E-state index in [0.717, 1.165) is 6.42 Å². The van der Waals surface area contributed by atoms with E-state index in [9.17, 15) is 0 Å². The number of hydrogen-bond acceptors (Lipinski definition) is 0. The van der Waals surface area contributed by atoms with Crippen molar-refractivity contribution in [3.8, 4) is 0 Å². The molecule has 0 bridgehead atoms. The van der Waals surface area contributed by atoms with Crippen molar-refractivity contribution in [1.82, 2.24) is 4.40 Å². The predicted molar refractivity (Wildman–Crippen MR) is 137 cm³/mol. The van der Waals surface area contributed by atoms with Gasteiger partial charge in [0.2, 0.25) is 5.52 Å². The summed E-state index contributed by atoms with van der Waals surface area (Å²) in [5, 5.41) is 6.98. The summed E-state index contributed by atoms with van der Waals surface area (Å²) < 4.78 is 4.94. The summed E-state index contributed by atoms with van der Waals surface area (Å²) in [7, 11) is 2.20. The van der Waals surface area contributed by atoms with E-state index in [0.29, 0.717) is 5.92 Å². The Labute approximate surface area is 189 Å². The van der Waals surface area contributed by atoms with Gasteiger partial charge < -0.3 is 4.40 Å². The van der Waals surface area contributed by atoms with E-state index in [1.54, 1.807) is 0 Å². The van der Waals surface area contributed by atoms with Crippen LogP contribution in [0.5, 0.6) is 0 Å². The zero-order chi connectivity index (χ0) is 22.5. The Hall–Kier alpha value is -3.13. The van der Waals surface area contributed by atoms with Crippen molar-refractivity contribution in [2.45, 2.75) is 48.0 Å². The number of pyridine rings is 2. The van der Waals surface area contributed by atoms with Crippen LogP contribution < -0.4 is 4.57 Å². The smallest absolute Gasteiger partial charge is 0.224 e. The number of hydrogen-bond donors (Lipinski definition) is 0. The van der Waals surface area contributed by atoms with Crippen LogP contribution in [-0.2, 0) is 13.5 Å². The van der Waals surface area contributed by atoms with Crippen LogP contribution in [-0.4, -0.2) is 4.40 Å². The third-order valence-corrected chi connectivity index (χ3v) is 7.53. The molecule has 32 heavy (non-hydrogen) atoms. The van der Waals surface area contributed by atoms with Crippen LogP contribution in [0.15, 0.2) is 42.6 Å². The second kappa shape index (κ2) is 6.45. The molecule has 6 rings (SSSR count). The van der Waals surface area contributed by atoms with Gasteiger partial charge in [0.1, 0.15) is 7.05 Å². The molecule has 0 atom stereocenters. The Morgan fingerprint density at radius 1 is 0.812 bits per heavy atom. The summed E-state index contributed by atoms with van der Waals surface area (Å²) in [5.74, 6) is 0.611. The van der Waals surface area contributed by atoms with Crippen molar-refractivity contribution in [1.29, 1.82) is 0 Å². The summed E-state index contributed by atoms with van der Waals surface area (Å²) in [5.41, 5.74) is 12.4. The molecule has 0 spiro atoms. The summed E-state index contributed by atoms with van der Waals surface area (Å²) in [6.07, 6.45) is 3.34. The first-order valence-electron chi connectivity index (χ1n) is 11.8. The number of nitrogens with zero attached hydrogens (tertiary/aromatic N) is 2. The van der Waals surface area contributed by atoms with Crippen molar-refractivity contribution in [2.24, 2.45) is 13.0 Å². The van der Waals surface area contributed by atoms with Crippen LogP contribution >= 0.6 is 0 Å². The molecule has 160 valence electrons. The largest absolute Gasteiger partial charge is 0.307 e. The fourth-order valence-corrected chi connectivity index (χ4v) is 6.14. The summed E-state index contributed by atoms with van der Waals surface area (Å²) >= 11 is 0. The van der Waals surface area contributed by atoms with E-state index >= 15 is 0 Å². The predicted octanol–water partition coefficient (Wildman–Crippen LogP) is 7.25. The maximum Gasteiger partial charge on any atom is 0.224 e. The monoisotopic (exact) mass is 419 g/mol. The van der Waals surface area contributed by atoms with E-state index < -0.39 is 0 Å². The molecular weight excluding hydrogens is 388 g/mol. The van der Waals surface area contributed by atoms with E-state index in [-0.39, 0.29) is 0 Å². The highest BCUT2D eigenvalue weighted by Crippen LogP contribution is 2.44. The van der Waals surface area contributed by atoms with Gasteiger partial charge >= 0.3 is 0 Å². The number of fused-ring (bicyclic) bond motifs is 6. The molecular formula is C30H31N2+. The fourth-order valence-electron chi connectivity index (χ4n) is 6.14. The second-order valence-corrected chi connectivity index (χ2v) is 10.3. The summed E-state index contributed by atoms with van der Waals surface area (Å²) in [6.45, 7) is 13.7. The van der Waals surface area contributed by atoms with Crippen LogP contribution in [0.2, 0.25) is 0 Å². The molecule has 0 aliphatic heterocycles. The highest BCUT2D eigenvalue weighted by molar-refractivity contribution is 6.28. The van der Waals surface area contributed by atoms with Gasteiger partial charge in [0, 0.05) is 16.8 Å². The molecule has 0 aliphatic carbocycles. The van der Waals surface area contributed by atoms with Crippen molar-refractivity contribution in [3.63, 3.8) is 0 Å². The van der Waals surface area contributed by atoms with Gasteiger partial charge in [-0.15, -0.1) is 0 Å². The quantitative estimate of drug-likeness (QED) is 0.159. The van der Waals surface area contributed by atoms with Gasteiger partial charge in [-0.3, -0.25) is 0 Å². The lowest BCUT2D eigenvalue weighted by molar-refractivity contribution is -0.643. The highest BCUT2D eigenvalue weighted by atomic mass is 15.0. The highest BCUT2D eigenvalue weighted by Gasteiger charge is 2.27. The van der Waals surface area contributed by atoms with Gasteiger partial charge in [-0.25, -0.2) is 4.57 Å². The molecule has 0 N–H and O–H groups in total. The van der Waals surface area contributed by atoms with E-state index in [4.69, 9.17) is 0 Å². The molecule has 3 aromatic carbocycles. The lowest BCUT2D eigenvalue weighted by Crippen LogP contribution is -2.29. The van der Waals surface area contributed by atoms with Gasteiger partial charge in [-0.05, 0) is 79.3 Å². The zero-order valence-electron chi connectivity index (χ0n) is 20.2. The molecule has 2 heteroatoms. The van der Waals surface area contributed by atoms with Crippen LogP contribution in [0, 0.1) is 33.6 Å². The Morgan fingerprint density at radius 2 is 1.59 bits per heavy atom. The lowest BCUT2D eigenvalue weighted by atomic mass is 9.91. The van der Waals surface area contributed by atoms with Crippen molar-refractivity contribution in [2.75, 3.05) is 0 Å². The first-order valence-corrected chi connectivity index (χ1v) is 11.8. The number of rotatable bonds is 2. The maximum absolute atomic E-state index is 2.61. The third kappa shape index (κ3) is 2.33. The average molecular weight is 420 g/mol. The first kappa shape index (κ1) is 19.5. The molecule has 0 amide bonds. The summed E-state index contributed by atoms with van der Waals surface area (Å²) in [4.78, 5) is 0. The van der Waals surface area contributed by atoms with Gasteiger partial charge in [0.05, 0.1) is 27.3 Å². The van der Waals surface area contributed by atoms with E-state index in [1.165, 1.54) is 76.8 Å². The third-order valence-electron chi connectivity index (χ3n) is 7.53. The van der Waals surface area contributed by atoms with Crippen molar-refractivity contribution in [3.05, 3.63) is 70.4 Å². The topological polar surface area (TPSA) is 8.29 Å². The zero-order valence-corrected chi connectivity index (χ0v) is 20.2. The molecule has 3 aromatic heterocycles. The Morgan fingerprint density at radius 3 is 2.34 bits per heavy atom. The van der Waals surface area contributed by atoms with Crippen LogP contribution in [0.4, 0.5) is 0 Å². The maximum atomic E-state index is 2.61. The first-order chi connectivity index (χ1) is 15.3. The molecule has 0 saturated carbocycles. The number of para-hydroxylation sites is 1. The molecule has 3 heterocycles. The molecule has 0 radical (unpaired) electrons. The minimum atomic E-state index is 0.611. The molecule has 6 aromatic rings. The van der Waals surface area contributed by atoms with Gasteiger partial charge in [0.25, 0.3) is 0 Å². The molecule has 2 nitrogen and oxygen atoms in total. The Balaban J connectivity index is 2.10. The van der Waals surface area contributed by atoms with Crippen LogP contribution in [0.3, 0.4) is 0 Å². The second-order valence-electron chi connectivity index (χ2n) is 10.3. The van der Waals surface area contributed by atoms with Crippen molar-refractivity contribution < 1.29 is 4.57 Å². The number of aromatic nitrogens is 2. The van der Waals surface area contributed by atoms with Gasteiger partial charge in [0.15, 0.2) is 6.20 Å². The van der Waals surface area contributed by atoms with Gasteiger partial charge in [-0.2, -0.15) is 0 Å². The fraction of sp³-hybridized carbons (Fsp3) is 0.300. The van der Waals surface area contributed by atoms with E-state index in [1.807, 2.05) is 0 Å². The van der Waals surface area contributed by atoms with Crippen LogP contribution in [0.25, 0.3) is 49.0 Å². The standard InChI is InChI=1S/C30H31N2/c1-16(2)13-22-15-21-11-12-31(7)29-24-20(6)18(4)14-19(5)28(24)32-27-17(3)9-8-10-23(27)25(22)30(32)26(21)29/h8-12,14-16H,13H2,1-7H3/q+1. The van der Waals surface area contributed by atoms with Crippen molar-refractivity contribution >= 4 is 49.0 Å². The molecule has 0 saturated heterocycles. The normalized spacial score (nSPS) is 12.6. The molecule has 0 aliphatic rings. The molecule has 0 fully saturated rings. The number of benzene rings is 3. The summed E-state index contributed by atoms with van der Waals surface area (Å²) in [6, 6.07) is 14.0. The lowest BCUT2D eigenvalue weighted by Gasteiger charge is -2.17. The number of aryl methyl sites for hydroxylation is 5. The minimum Gasteiger partial charge on any atom is -0.307 e. The Kier molecular flexibility index (Phi) is 3.94. The van der Waals surface area contributed by atoms with Crippen LogP contribution in [0.1, 0.15) is 41.7 Å². The molecule has 0 unspecified atom stereocenters. The Bertz CT molecular complexity index is 1710.